The predicted octanol–water partition coefficient (Wildman–Crippen LogP) is 2.82. The van der Waals surface area contributed by atoms with Gasteiger partial charge in [-0.2, -0.15) is 0 Å². The molecule has 1 aromatic carbocycles. The molecular weight excluding hydrogens is 370 g/mol. The summed E-state index contributed by atoms with van der Waals surface area (Å²) < 4.78 is 12.4. The molecule has 1 amide bonds. The second-order valence-corrected chi connectivity index (χ2v) is 6.43. The van der Waals surface area contributed by atoms with E-state index in [9.17, 15) is 9.59 Å². The number of nitrogens with one attached hydrogen (secondary N) is 1. The van der Waals surface area contributed by atoms with E-state index in [1.807, 2.05) is 42.6 Å². The first kappa shape index (κ1) is 20.0. The molecule has 0 aliphatic carbocycles. The molecule has 148 valence electrons. The van der Waals surface area contributed by atoms with Crippen molar-refractivity contribution in [3.05, 3.63) is 59.0 Å². The molecule has 0 spiro atoms. The summed E-state index contributed by atoms with van der Waals surface area (Å²) in [4.78, 5) is 27.9. The number of fused-ring (bicyclic) bond motifs is 1. The lowest BCUT2D eigenvalue weighted by atomic mass is 10.1. The molecule has 0 bridgehead atoms. The molecule has 0 unspecified atom stereocenters. The van der Waals surface area contributed by atoms with Crippen LogP contribution in [0.3, 0.4) is 0 Å². The highest BCUT2D eigenvalue weighted by molar-refractivity contribution is 6.37. The molecule has 7 heteroatoms. The SMILES string of the molecule is C#CCc1c(C)nc2c(OCc3c(C)cccc3NC(=O)C(=O)OC)cccn12. The summed E-state index contributed by atoms with van der Waals surface area (Å²) in [7, 11) is 1.16. The van der Waals surface area contributed by atoms with Gasteiger partial charge in [0.15, 0.2) is 11.4 Å². The van der Waals surface area contributed by atoms with Gasteiger partial charge in [0.2, 0.25) is 0 Å². The van der Waals surface area contributed by atoms with Gasteiger partial charge in [-0.3, -0.25) is 9.20 Å². The van der Waals surface area contributed by atoms with E-state index in [0.29, 0.717) is 23.5 Å². The lowest BCUT2D eigenvalue weighted by Crippen LogP contribution is -2.24. The predicted molar refractivity (Wildman–Crippen MR) is 109 cm³/mol. The Balaban J connectivity index is 1.89. The van der Waals surface area contributed by atoms with E-state index in [1.165, 1.54) is 0 Å². The van der Waals surface area contributed by atoms with Gasteiger partial charge in [0.05, 0.1) is 24.9 Å². The van der Waals surface area contributed by atoms with Crippen LogP contribution in [0.25, 0.3) is 5.65 Å². The average Bonchev–Trinajstić information content (AvgIpc) is 3.03. The number of hydrogen-bond donors (Lipinski definition) is 1. The summed E-state index contributed by atoms with van der Waals surface area (Å²) in [6.45, 7) is 3.99. The molecule has 1 N–H and O–H groups in total. The summed E-state index contributed by atoms with van der Waals surface area (Å²) in [6, 6.07) is 9.08. The third kappa shape index (κ3) is 4.06. The molecule has 2 heterocycles. The Labute approximate surface area is 168 Å². The van der Waals surface area contributed by atoms with Crippen molar-refractivity contribution < 1.29 is 19.1 Å². The summed E-state index contributed by atoms with van der Waals surface area (Å²) in [5, 5.41) is 2.57. The van der Waals surface area contributed by atoms with Gasteiger partial charge >= 0.3 is 11.9 Å². The van der Waals surface area contributed by atoms with Crippen LogP contribution in [0.2, 0.25) is 0 Å². The largest absolute Gasteiger partial charge is 0.485 e. The van der Waals surface area contributed by atoms with E-state index in [0.717, 1.165) is 29.6 Å². The summed E-state index contributed by atoms with van der Waals surface area (Å²) in [5.41, 5.74) is 4.60. The Morgan fingerprint density at radius 2 is 2.03 bits per heavy atom. The third-order valence-corrected chi connectivity index (χ3v) is 4.58. The number of ether oxygens (including phenoxy) is 2. The Bertz CT molecular complexity index is 1130. The first-order valence-electron chi connectivity index (χ1n) is 8.96. The first-order chi connectivity index (χ1) is 14.0. The zero-order valence-corrected chi connectivity index (χ0v) is 16.5. The van der Waals surface area contributed by atoms with Crippen LogP contribution in [-0.4, -0.2) is 28.4 Å². The van der Waals surface area contributed by atoms with E-state index in [1.54, 1.807) is 12.1 Å². The van der Waals surface area contributed by atoms with Crippen molar-refractivity contribution in [1.82, 2.24) is 9.38 Å². The molecule has 2 aromatic heterocycles. The van der Waals surface area contributed by atoms with E-state index < -0.39 is 11.9 Å². The third-order valence-electron chi connectivity index (χ3n) is 4.58. The topological polar surface area (TPSA) is 81.9 Å². The highest BCUT2D eigenvalue weighted by atomic mass is 16.5. The van der Waals surface area contributed by atoms with Crippen molar-refractivity contribution >= 4 is 23.2 Å². The van der Waals surface area contributed by atoms with Crippen LogP contribution in [0, 0.1) is 26.2 Å². The molecule has 0 saturated heterocycles. The maximum atomic E-state index is 11.9. The molecule has 3 aromatic rings. The van der Waals surface area contributed by atoms with Gasteiger partial charge in [0.25, 0.3) is 0 Å². The van der Waals surface area contributed by atoms with Gasteiger partial charge < -0.3 is 14.8 Å². The number of benzene rings is 1. The van der Waals surface area contributed by atoms with Crippen molar-refractivity contribution in [3.63, 3.8) is 0 Å². The highest BCUT2D eigenvalue weighted by Crippen LogP contribution is 2.26. The van der Waals surface area contributed by atoms with Crippen molar-refractivity contribution in [2.24, 2.45) is 0 Å². The maximum absolute atomic E-state index is 11.9. The number of terminal acetylenes is 1. The number of imidazole rings is 1. The summed E-state index contributed by atoms with van der Waals surface area (Å²) in [6.07, 6.45) is 7.83. The zero-order chi connectivity index (χ0) is 21.0. The van der Waals surface area contributed by atoms with Gasteiger partial charge in [-0.15, -0.1) is 12.3 Å². The minimum Gasteiger partial charge on any atom is -0.485 e. The number of methoxy groups -OCH3 is 1. The monoisotopic (exact) mass is 391 g/mol. The Morgan fingerprint density at radius 1 is 1.24 bits per heavy atom. The van der Waals surface area contributed by atoms with E-state index >= 15 is 0 Å². The molecule has 0 saturated carbocycles. The van der Waals surface area contributed by atoms with Gasteiger partial charge in [-0.25, -0.2) is 9.78 Å². The van der Waals surface area contributed by atoms with Crippen LogP contribution >= 0.6 is 0 Å². The molecule has 29 heavy (non-hydrogen) atoms. The van der Waals surface area contributed by atoms with Crippen LogP contribution < -0.4 is 10.1 Å². The Kier molecular flexibility index (Phi) is 5.84. The van der Waals surface area contributed by atoms with Crippen LogP contribution in [-0.2, 0) is 27.4 Å². The number of amides is 1. The lowest BCUT2D eigenvalue weighted by molar-refractivity contribution is -0.150. The van der Waals surface area contributed by atoms with Gasteiger partial charge in [0.1, 0.15) is 6.61 Å². The van der Waals surface area contributed by atoms with E-state index in [2.05, 4.69) is 21.0 Å². The molecule has 0 aliphatic rings. The highest BCUT2D eigenvalue weighted by Gasteiger charge is 2.17. The van der Waals surface area contributed by atoms with E-state index in [-0.39, 0.29) is 6.61 Å². The normalized spacial score (nSPS) is 10.4. The van der Waals surface area contributed by atoms with Crippen LogP contribution in [0.1, 0.15) is 22.5 Å². The average molecular weight is 391 g/mol. The molecule has 0 fully saturated rings. The second-order valence-electron chi connectivity index (χ2n) is 6.43. The number of anilines is 1. The van der Waals surface area contributed by atoms with Crippen molar-refractivity contribution in [2.75, 3.05) is 12.4 Å². The van der Waals surface area contributed by atoms with E-state index in [4.69, 9.17) is 11.2 Å². The number of carbonyl (C=O) groups is 2. The minimum absolute atomic E-state index is 0.180. The standard InChI is InChI=1S/C22H21N3O4/c1-5-8-18-15(3)23-20-19(11-7-12-25(18)20)29-13-16-14(2)9-6-10-17(16)24-21(26)22(27)28-4/h1,6-7,9-12H,8,13H2,2-4H3,(H,24,26). The number of hydrogen-bond acceptors (Lipinski definition) is 5. The Morgan fingerprint density at radius 3 is 2.76 bits per heavy atom. The second kappa shape index (κ2) is 8.48. The number of rotatable bonds is 5. The van der Waals surface area contributed by atoms with Crippen LogP contribution in [0.15, 0.2) is 36.5 Å². The van der Waals surface area contributed by atoms with Gasteiger partial charge in [-0.1, -0.05) is 12.1 Å². The number of nitrogens with zero attached hydrogens (tertiary/aromatic N) is 2. The fraction of sp³-hybridized carbons (Fsp3) is 0.227. The van der Waals surface area contributed by atoms with Gasteiger partial charge in [-0.05, 0) is 37.6 Å². The number of esters is 1. The maximum Gasteiger partial charge on any atom is 0.396 e. The van der Waals surface area contributed by atoms with Crippen molar-refractivity contribution in [2.45, 2.75) is 26.9 Å². The first-order valence-corrected chi connectivity index (χ1v) is 8.96. The number of aryl methyl sites for hydroxylation is 2. The van der Waals surface area contributed by atoms with Crippen LogP contribution in [0.5, 0.6) is 5.75 Å². The summed E-state index contributed by atoms with van der Waals surface area (Å²) in [5.74, 6) is 1.43. The Hall–Kier alpha value is -3.79. The molecule has 7 nitrogen and oxygen atoms in total. The van der Waals surface area contributed by atoms with Crippen molar-refractivity contribution in [3.8, 4) is 18.1 Å². The fourth-order valence-corrected chi connectivity index (χ4v) is 3.05. The molecule has 0 atom stereocenters. The number of aromatic nitrogens is 2. The van der Waals surface area contributed by atoms with Gasteiger partial charge in [0, 0.05) is 17.4 Å². The number of pyridine rings is 1. The van der Waals surface area contributed by atoms with Crippen LogP contribution in [0.4, 0.5) is 5.69 Å². The quantitative estimate of drug-likeness (QED) is 0.411. The molecule has 3 rings (SSSR count). The molecule has 0 radical (unpaired) electrons. The molecular formula is C22H21N3O4. The molecule has 0 aliphatic heterocycles. The summed E-state index contributed by atoms with van der Waals surface area (Å²) >= 11 is 0. The van der Waals surface area contributed by atoms with Crippen molar-refractivity contribution in [1.29, 1.82) is 0 Å². The minimum atomic E-state index is -0.961. The number of carbonyl (C=O) groups excluding carboxylic acids is 2. The fourth-order valence-electron chi connectivity index (χ4n) is 3.05. The lowest BCUT2D eigenvalue weighted by Gasteiger charge is -2.14. The zero-order valence-electron chi connectivity index (χ0n) is 16.5. The smallest absolute Gasteiger partial charge is 0.396 e.